The summed E-state index contributed by atoms with van der Waals surface area (Å²) >= 11 is 0. The lowest BCUT2D eigenvalue weighted by Gasteiger charge is -2.15. The van der Waals surface area contributed by atoms with Crippen molar-refractivity contribution in [2.45, 2.75) is 39.2 Å². The summed E-state index contributed by atoms with van der Waals surface area (Å²) in [6, 6.07) is 5.40. The van der Waals surface area contributed by atoms with Crippen LogP contribution in [0.5, 0.6) is 11.5 Å². The van der Waals surface area contributed by atoms with E-state index in [1.54, 1.807) is 32.4 Å². The number of hydrogen-bond donors (Lipinski definition) is 3. The Hall–Kier alpha value is -2.54. The number of H-pyrrole nitrogens is 1. The van der Waals surface area contributed by atoms with Crippen molar-refractivity contribution < 1.29 is 14.3 Å². The molecule has 1 heterocycles. The van der Waals surface area contributed by atoms with Gasteiger partial charge in [-0.05, 0) is 50.9 Å². The Kier molecular flexibility index (Phi) is 7.47. The van der Waals surface area contributed by atoms with Crippen molar-refractivity contribution in [1.82, 2.24) is 15.5 Å². The SMILES string of the molecule is COc1ccc(OC)c(NC(=O)CC(C)NCCCc2cn[nH]c2C)c1. The number of methoxy groups -OCH3 is 2. The molecule has 1 aromatic heterocycles. The second kappa shape index (κ2) is 9.82. The van der Waals surface area contributed by atoms with Crippen LogP contribution in [-0.2, 0) is 11.2 Å². The lowest BCUT2D eigenvalue weighted by molar-refractivity contribution is -0.116. The number of amides is 1. The molecule has 1 aromatic carbocycles. The second-order valence-electron chi connectivity index (χ2n) is 6.30. The molecule has 142 valence electrons. The van der Waals surface area contributed by atoms with Crippen LogP contribution in [0.1, 0.15) is 31.0 Å². The molecule has 3 N–H and O–H groups in total. The summed E-state index contributed by atoms with van der Waals surface area (Å²) in [6.45, 7) is 4.88. The van der Waals surface area contributed by atoms with Crippen LogP contribution < -0.4 is 20.1 Å². The van der Waals surface area contributed by atoms with Gasteiger partial charge in [-0.3, -0.25) is 9.89 Å². The molecule has 2 rings (SSSR count). The molecule has 2 aromatic rings. The molecular formula is C19H28N4O3. The molecular weight excluding hydrogens is 332 g/mol. The van der Waals surface area contributed by atoms with Crippen molar-refractivity contribution >= 4 is 11.6 Å². The van der Waals surface area contributed by atoms with Gasteiger partial charge in [0.2, 0.25) is 5.91 Å². The minimum Gasteiger partial charge on any atom is -0.497 e. The van der Waals surface area contributed by atoms with E-state index in [0.29, 0.717) is 23.6 Å². The Bertz CT molecular complexity index is 715. The van der Waals surface area contributed by atoms with Crippen LogP contribution in [0.4, 0.5) is 5.69 Å². The van der Waals surface area contributed by atoms with E-state index >= 15 is 0 Å². The third-order valence-corrected chi connectivity index (χ3v) is 4.22. The second-order valence-corrected chi connectivity index (χ2v) is 6.30. The standard InChI is InChI=1S/C19H28N4O3/c1-13(20-9-5-6-15-12-21-23-14(15)2)10-19(24)22-17-11-16(25-3)7-8-18(17)26-4/h7-8,11-13,20H,5-6,9-10H2,1-4H3,(H,21,23)(H,22,24). The summed E-state index contributed by atoms with van der Waals surface area (Å²) in [7, 11) is 3.16. The topological polar surface area (TPSA) is 88.3 Å². The third kappa shape index (κ3) is 5.77. The summed E-state index contributed by atoms with van der Waals surface area (Å²) in [4.78, 5) is 12.3. The van der Waals surface area contributed by atoms with Gasteiger partial charge in [0.15, 0.2) is 0 Å². The maximum atomic E-state index is 12.3. The first-order valence-electron chi connectivity index (χ1n) is 8.77. The molecule has 26 heavy (non-hydrogen) atoms. The fourth-order valence-corrected chi connectivity index (χ4v) is 2.72. The molecule has 1 amide bonds. The fraction of sp³-hybridized carbons (Fsp3) is 0.474. The maximum absolute atomic E-state index is 12.3. The van der Waals surface area contributed by atoms with Gasteiger partial charge < -0.3 is 20.1 Å². The van der Waals surface area contributed by atoms with E-state index in [4.69, 9.17) is 9.47 Å². The van der Waals surface area contributed by atoms with E-state index < -0.39 is 0 Å². The van der Waals surface area contributed by atoms with E-state index in [-0.39, 0.29) is 11.9 Å². The van der Waals surface area contributed by atoms with E-state index in [1.165, 1.54) is 5.56 Å². The number of aromatic amines is 1. The Balaban J connectivity index is 1.75. The average molecular weight is 360 g/mol. The van der Waals surface area contributed by atoms with Crippen LogP contribution in [0.25, 0.3) is 0 Å². The van der Waals surface area contributed by atoms with E-state index in [1.807, 2.05) is 20.0 Å². The number of hydrogen-bond acceptors (Lipinski definition) is 5. The van der Waals surface area contributed by atoms with Crippen LogP contribution >= 0.6 is 0 Å². The number of ether oxygens (including phenoxy) is 2. The molecule has 0 saturated carbocycles. The first-order chi connectivity index (χ1) is 12.5. The fourth-order valence-electron chi connectivity index (χ4n) is 2.72. The molecule has 1 unspecified atom stereocenters. The van der Waals surface area contributed by atoms with E-state index in [9.17, 15) is 4.79 Å². The quantitative estimate of drug-likeness (QED) is 0.567. The van der Waals surface area contributed by atoms with Gasteiger partial charge in [0, 0.05) is 24.2 Å². The Morgan fingerprint density at radius 3 is 2.77 bits per heavy atom. The summed E-state index contributed by atoms with van der Waals surface area (Å²) in [5.74, 6) is 1.21. The van der Waals surface area contributed by atoms with Crippen LogP contribution in [-0.4, -0.2) is 42.9 Å². The van der Waals surface area contributed by atoms with Gasteiger partial charge in [0.25, 0.3) is 0 Å². The van der Waals surface area contributed by atoms with E-state index in [0.717, 1.165) is 25.1 Å². The lowest BCUT2D eigenvalue weighted by Crippen LogP contribution is -2.31. The van der Waals surface area contributed by atoms with Crippen molar-refractivity contribution in [2.75, 3.05) is 26.1 Å². The highest BCUT2D eigenvalue weighted by molar-refractivity contribution is 5.92. The number of rotatable bonds is 10. The summed E-state index contributed by atoms with van der Waals surface area (Å²) in [6.07, 6.45) is 4.21. The van der Waals surface area contributed by atoms with Crippen molar-refractivity contribution in [3.63, 3.8) is 0 Å². The monoisotopic (exact) mass is 360 g/mol. The predicted octanol–water partition coefficient (Wildman–Crippen LogP) is 2.67. The molecule has 1 atom stereocenters. The van der Waals surface area contributed by atoms with Crippen LogP contribution in [0.15, 0.2) is 24.4 Å². The number of carbonyl (C=O) groups is 1. The number of aryl methyl sites for hydroxylation is 2. The summed E-state index contributed by atoms with van der Waals surface area (Å²) in [5, 5.41) is 13.2. The highest BCUT2D eigenvalue weighted by Gasteiger charge is 2.12. The Morgan fingerprint density at radius 2 is 2.12 bits per heavy atom. The van der Waals surface area contributed by atoms with Crippen molar-refractivity contribution in [2.24, 2.45) is 0 Å². The minimum atomic E-state index is -0.0674. The number of carbonyl (C=O) groups excluding carboxylic acids is 1. The Labute approximate surface area is 154 Å². The number of anilines is 1. The third-order valence-electron chi connectivity index (χ3n) is 4.22. The molecule has 0 aliphatic heterocycles. The summed E-state index contributed by atoms with van der Waals surface area (Å²) < 4.78 is 10.5. The molecule has 0 aliphatic rings. The summed E-state index contributed by atoms with van der Waals surface area (Å²) in [5.41, 5.74) is 2.96. The molecule has 7 nitrogen and oxygen atoms in total. The Morgan fingerprint density at radius 1 is 1.31 bits per heavy atom. The molecule has 0 radical (unpaired) electrons. The van der Waals surface area contributed by atoms with Crippen LogP contribution in [0.2, 0.25) is 0 Å². The van der Waals surface area contributed by atoms with Crippen LogP contribution in [0, 0.1) is 6.92 Å². The molecule has 7 heteroatoms. The maximum Gasteiger partial charge on any atom is 0.226 e. The molecule has 0 aliphatic carbocycles. The van der Waals surface area contributed by atoms with Gasteiger partial charge in [-0.25, -0.2) is 0 Å². The number of benzene rings is 1. The lowest BCUT2D eigenvalue weighted by atomic mass is 10.1. The zero-order valence-electron chi connectivity index (χ0n) is 15.9. The van der Waals surface area contributed by atoms with Gasteiger partial charge in [-0.2, -0.15) is 5.10 Å². The van der Waals surface area contributed by atoms with Crippen molar-refractivity contribution in [1.29, 1.82) is 0 Å². The van der Waals surface area contributed by atoms with E-state index in [2.05, 4.69) is 20.8 Å². The first kappa shape index (κ1) is 19.8. The van der Waals surface area contributed by atoms with Gasteiger partial charge >= 0.3 is 0 Å². The number of aromatic nitrogens is 2. The predicted molar refractivity (Wildman–Crippen MR) is 102 cm³/mol. The molecule has 0 bridgehead atoms. The molecule has 0 fully saturated rings. The minimum absolute atomic E-state index is 0.0674. The van der Waals surface area contributed by atoms with Gasteiger partial charge in [0.1, 0.15) is 11.5 Å². The number of nitrogens with zero attached hydrogens (tertiary/aromatic N) is 1. The molecule has 0 spiro atoms. The number of nitrogens with one attached hydrogen (secondary N) is 3. The smallest absolute Gasteiger partial charge is 0.226 e. The van der Waals surface area contributed by atoms with Gasteiger partial charge in [0.05, 0.1) is 26.1 Å². The van der Waals surface area contributed by atoms with Crippen LogP contribution in [0.3, 0.4) is 0 Å². The largest absolute Gasteiger partial charge is 0.497 e. The normalized spacial score (nSPS) is 11.8. The highest BCUT2D eigenvalue weighted by Crippen LogP contribution is 2.29. The zero-order valence-corrected chi connectivity index (χ0v) is 15.9. The average Bonchev–Trinajstić information content (AvgIpc) is 3.03. The molecule has 0 saturated heterocycles. The van der Waals surface area contributed by atoms with Gasteiger partial charge in [-0.15, -0.1) is 0 Å². The first-order valence-corrected chi connectivity index (χ1v) is 8.77. The van der Waals surface area contributed by atoms with Crippen molar-refractivity contribution in [3.05, 3.63) is 35.7 Å². The van der Waals surface area contributed by atoms with Gasteiger partial charge in [-0.1, -0.05) is 0 Å². The van der Waals surface area contributed by atoms with Crippen molar-refractivity contribution in [3.8, 4) is 11.5 Å². The zero-order chi connectivity index (χ0) is 18.9. The highest BCUT2D eigenvalue weighted by atomic mass is 16.5.